The first kappa shape index (κ1) is 17.2. The van der Waals surface area contributed by atoms with Crippen LogP contribution in [0.15, 0.2) is 22.7 Å². The molecule has 0 atom stereocenters. The Morgan fingerprint density at radius 3 is 2.68 bits per heavy atom. The molecule has 1 heterocycles. The van der Waals surface area contributed by atoms with Crippen molar-refractivity contribution in [3.05, 3.63) is 28.2 Å². The summed E-state index contributed by atoms with van der Waals surface area (Å²) in [6.45, 7) is 6.17. The number of halogens is 2. The van der Waals surface area contributed by atoms with Gasteiger partial charge in [0.1, 0.15) is 17.5 Å². The molecule has 0 radical (unpaired) electrons. The summed E-state index contributed by atoms with van der Waals surface area (Å²) in [6.07, 6.45) is 2.02. The van der Waals surface area contributed by atoms with Gasteiger partial charge in [-0.1, -0.05) is 15.9 Å². The van der Waals surface area contributed by atoms with E-state index in [-0.39, 0.29) is 0 Å². The van der Waals surface area contributed by atoms with Crippen molar-refractivity contribution in [2.24, 2.45) is 5.92 Å². The molecule has 1 aromatic rings. The first-order valence-electron chi connectivity index (χ1n) is 7.61. The molecule has 120 valence electrons. The van der Waals surface area contributed by atoms with Gasteiger partial charge in [-0.2, -0.15) is 5.26 Å². The second-order valence-corrected chi connectivity index (χ2v) is 7.42. The average molecular weight is 369 g/mol. The van der Waals surface area contributed by atoms with Gasteiger partial charge in [-0.25, -0.2) is 4.39 Å². The average Bonchev–Trinajstić information content (AvgIpc) is 2.45. The Bertz CT molecular complexity index is 543. The van der Waals surface area contributed by atoms with Crippen LogP contribution < -0.4 is 4.74 Å². The van der Waals surface area contributed by atoms with E-state index in [1.165, 1.54) is 0 Å². The number of rotatable bonds is 5. The number of nitriles is 1. The molecule has 1 aromatic carbocycles. The standard InChI is InChI=1S/C17H22BrFN2O/c1-17(2,19)12-21-7-5-13(6-8-21)11-22-16-4-3-15(18)9-14(16)10-20/h3-4,9,13H,5-8,11-12H2,1-2H3. The van der Waals surface area contributed by atoms with Gasteiger partial charge >= 0.3 is 0 Å². The molecule has 0 bridgehead atoms. The lowest BCUT2D eigenvalue weighted by atomic mass is 9.97. The molecular formula is C17H22BrFN2O. The van der Waals surface area contributed by atoms with E-state index in [9.17, 15) is 4.39 Å². The number of hydrogen-bond donors (Lipinski definition) is 0. The first-order chi connectivity index (χ1) is 10.4. The Hall–Kier alpha value is -1.12. The smallest absolute Gasteiger partial charge is 0.137 e. The van der Waals surface area contributed by atoms with E-state index in [0.717, 1.165) is 30.4 Å². The Balaban J connectivity index is 1.81. The van der Waals surface area contributed by atoms with Crippen LogP contribution in [0.3, 0.4) is 0 Å². The molecule has 1 saturated heterocycles. The number of hydrogen-bond acceptors (Lipinski definition) is 3. The van der Waals surface area contributed by atoms with Gasteiger partial charge < -0.3 is 9.64 Å². The second kappa shape index (κ2) is 7.43. The number of piperidine rings is 1. The summed E-state index contributed by atoms with van der Waals surface area (Å²) in [5.41, 5.74) is -0.589. The van der Waals surface area contributed by atoms with Gasteiger partial charge in [0.25, 0.3) is 0 Å². The van der Waals surface area contributed by atoms with Crippen molar-refractivity contribution < 1.29 is 9.13 Å². The number of ether oxygens (including phenoxy) is 1. The van der Waals surface area contributed by atoms with Crippen molar-refractivity contribution in [2.75, 3.05) is 26.2 Å². The Labute approximate surface area is 140 Å². The molecule has 1 fully saturated rings. The van der Waals surface area contributed by atoms with Crippen molar-refractivity contribution in [1.82, 2.24) is 4.90 Å². The van der Waals surface area contributed by atoms with Crippen molar-refractivity contribution in [1.29, 1.82) is 5.26 Å². The summed E-state index contributed by atoms with van der Waals surface area (Å²) < 4.78 is 20.4. The zero-order valence-corrected chi connectivity index (χ0v) is 14.7. The molecule has 5 heteroatoms. The van der Waals surface area contributed by atoms with Gasteiger partial charge in [0.2, 0.25) is 0 Å². The molecule has 22 heavy (non-hydrogen) atoms. The molecule has 0 N–H and O–H groups in total. The van der Waals surface area contributed by atoms with Crippen molar-refractivity contribution in [3.63, 3.8) is 0 Å². The van der Waals surface area contributed by atoms with Crippen molar-refractivity contribution >= 4 is 15.9 Å². The van der Waals surface area contributed by atoms with Gasteiger partial charge in [0.05, 0.1) is 12.2 Å². The maximum atomic E-state index is 13.7. The van der Waals surface area contributed by atoms with Gasteiger partial charge in [0, 0.05) is 11.0 Å². The fraction of sp³-hybridized carbons (Fsp3) is 0.588. The minimum Gasteiger partial charge on any atom is -0.492 e. The maximum Gasteiger partial charge on any atom is 0.137 e. The first-order valence-corrected chi connectivity index (χ1v) is 8.40. The predicted octanol–water partition coefficient (Wildman–Crippen LogP) is 4.16. The summed E-state index contributed by atoms with van der Waals surface area (Å²) in [4.78, 5) is 2.18. The predicted molar refractivity (Wildman–Crippen MR) is 88.7 cm³/mol. The molecule has 0 spiro atoms. The molecule has 1 aliphatic heterocycles. The van der Waals surface area contributed by atoms with Gasteiger partial charge in [-0.3, -0.25) is 0 Å². The van der Waals surface area contributed by atoms with Crippen LogP contribution in [0, 0.1) is 17.2 Å². The molecule has 0 saturated carbocycles. The van der Waals surface area contributed by atoms with Crippen LogP contribution in [0.25, 0.3) is 0 Å². The van der Waals surface area contributed by atoms with Crippen LogP contribution in [-0.2, 0) is 0 Å². The largest absolute Gasteiger partial charge is 0.492 e. The van der Waals surface area contributed by atoms with Crippen LogP contribution in [0.1, 0.15) is 32.3 Å². The lowest BCUT2D eigenvalue weighted by molar-refractivity contribution is 0.0836. The highest BCUT2D eigenvalue weighted by Crippen LogP contribution is 2.25. The van der Waals surface area contributed by atoms with E-state index in [1.807, 2.05) is 12.1 Å². The van der Waals surface area contributed by atoms with Crippen molar-refractivity contribution in [3.8, 4) is 11.8 Å². The molecule has 0 aromatic heterocycles. The third-order valence-electron chi connectivity index (χ3n) is 3.84. The Morgan fingerprint density at radius 1 is 1.41 bits per heavy atom. The summed E-state index contributed by atoms with van der Waals surface area (Å²) in [5, 5.41) is 9.13. The zero-order chi connectivity index (χ0) is 16.2. The van der Waals surface area contributed by atoms with Crippen LogP contribution >= 0.6 is 15.9 Å². The topological polar surface area (TPSA) is 36.3 Å². The minimum atomic E-state index is -1.14. The molecule has 1 aliphatic rings. The summed E-state index contributed by atoms with van der Waals surface area (Å²) in [6, 6.07) is 7.62. The summed E-state index contributed by atoms with van der Waals surface area (Å²) >= 11 is 3.35. The normalized spacial score (nSPS) is 17.2. The summed E-state index contributed by atoms with van der Waals surface area (Å²) in [5.74, 6) is 1.10. The Morgan fingerprint density at radius 2 is 2.09 bits per heavy atom. The van der Waals surface area contributed by atoms with E-state index in [4.69, 9.17) is 10.00 Å². The highest BCUT2D eigenvalue weighted by molar-refractivity contribution is 9.10. The lowest BCUT2D eigenvalue weighted by Gasteiger charge is -2.34. The zero-order valence-electron chi connectivity index (χ0n) is 13.1. The van der Waals surface area contributed by atoms with Gasteiger partial charge in [0.15, 0.2) is 0 Å². The molecular weight excluding hydrogens is 347 g/mol. The molecule has 3 nitrogen and oxygen atoms in total. The number of nitrogens with zero attached hydrogens (tertiary/aromatic N) is 2. The highest BCUT2D eigenvalue weighted by Gasteiger charge is 2.25. The van der Waals surface area contributed by atoms with E-state index >= 15 is 0 Å². The molecule has 0 unspecified atom stereocenters. The van der Waals surface area contributed by atoms with E-state index in [2.05, 4.69) is 26.9 Å². The van der Waals surface area contributed by atoms with E-state index in [1.54, 1.807) is 19.9 Å². The summed E-state index contributed by atoms with van der Waals surface area (Å²) in [7, 11) is 0. The van der Waals surface area contributed by atoms with Crippen LogP contribution in [0.5, 0.6) is 5.75 Å². The second-order valence-electron chi connectivity index (χ2n) is 6.50. The number of benzene rings is 1. The number of alkyl halides is 1. The van der Waals surface area contributed by atoms with E-state index in [0.29, 0.717) is 30.4 Å². The molecule has 0 aliphatic carbocycles. The third kappa shape index (κ3) is 5.26. The SMILES string of the molecule is CC(C)(F)CN1CCC(COc2ccc(Br)cc2C#N)CC1. The number of likely N-dealkylation sites (tertiary alicyclic amines) is 1. The fourth-order valence-corrected chi connectivity index (χ4v) is 3.13. The van der Waals surface area contributed by atoms with Crippen LogP contribution in [0.4, 0.5) is 4.39 Å². The fourth-order valence-electron chi connectivity index (χ4n) is 2.77. The monoisotopic (exact) mass is 368 g/mol. The molecule has 2 rings (SSSR count). The lowest BCUT2D eigenvalue weighted by Crippen LogP contribution is -2.41. The highest BCUT2D eigenvalue weighted by atomic mass is 79.9. The van der Waals surface area contributed by atoms with Gasteiger partial charge in [-0.15, -0.1) is 0 Å². The van der Waals surface area contributed by atoms with Crippen LogP contribution in [-0.4, -0.2) is 36.8 Å². The maximum absolute atomic E-state index is 13.7. The van der Waals surface area contributed by atoms with Crippen LogP contribution in [0.2, 0.25) is 0 Å². The quantitative estimate of drug-likeness (QED) is 0.782. The molecule has 0 amide bonds. The van der Waals surface area contributed by atoms with E-state index < -0.39 is 5.67 Å². The van der Waals surface area contributed by atoms with Gasteiger partial charge in [-0.05, 0) is 63.9 Å². The van der Waals surface area contributed by atoms with Crippen molar-refractivity contribution in [2.45, 2.75) is 32.4 Å². The third-order valence-corrected chi connectivity index (χ3v) is 4.34. The Kier molecular flexibility index (Phi) is 5.82. The minimum absolute atomic E-state index is 0.467.